The summed E-state index contributed by atoms with van der Waals surface area (Å²) in [6, 6.07) is 17.7. The fraction of sp³-hybridized carbons (Fsp3) is 0.425. The molecule has 4 aliphatic heterocycles. The molecule has 0 aliphatic carbocycles. The molecular weight excluding hydrogens is 584 g/mol. The number of ether oxygens (including phenoxy) is 1. The number of esters is 1. The lowest BCUT2D eigenvalue weighted by Crippen LogP contribution is -2.45. The number of para-hydroxylation sites is 2. The van der Waals surface area contributed by atoms with Crippen molar-refractivity contribution in [2.75, 3.05) is 33.4 Å². The lowest BCUT2D eigenvalue weighted by Gasteiger charge is -2.46. The van der Waals surface area contributed by atoms with Crippen molar-refractivity contribution in [2.24, 2.45) is 17.8 Å². The standard InChI is InChI=1S/C40H46N4O3/c1-4-24-21-44-23-27(37-30-11-7-9-13-34(30)42-39(37)35(44)19-26(24)15-17-45)18-32(40(46)47-3)31-20-36-38-29(14-16-43(36)22-25(31)5-2)28-10-6-8-12-33(28)41-38/h4-13,23,26,31-32,35-36,41-42,45H,14-22H2,1-3H3/b24-4-,25-5?/t26-,31?,32-,35?,36-/m0/s1. The van der Waals surface area contributed by atoms with E-state index in [0.717, 1.165) is 50.8 Å². The van der Waals surface area contributed by atoms with Gasteiger partial charge in [0, 0.05) is 71.2 Å². The summed E-state index contributed by atoms with van der Waals surface area (Å²) in [4.78, 5) is 26.6. The van der Waals surface area contributed by atoms with Gasteiger partial charge in [0.2, 0.25) is 0 Å². The van der Waals surface area contributed by atoms with Crippen molar-refractivity contribution in [2.45, 2.75) is 58.0 Å². The summed E-state index contributed by atoms with van der Waals surface area (Å²) in [6.07, 6.45) is 11.1. The zero-order valence-corrected chi connectivity index (χ0v) is 27.8. The molecule has 2 fully saturated rings. The number of nitrogens with one attached hydrogen (secondary N) is 2. The first kappa shape index (κ1) is 30.3. The van der Waals surface area contributed by atoms with E-state index in [2.05, 4.69) is 100 Å². The van der Waals surface area contributed by atoms with Crippen molar-refractivity contribution < 1.29 is 14.6 Å². The molecular formula is C40H46N4O3. The SMILES string of the molecule is CC=C1CN2CCc3c([nH]c4ccccc34)[C@@H]2CC1[C@H](CC1=CN2C/C(=C/C)[C@@H](CCO)CC2c2[nH]c3ccccc3c21)C(=O)OC. The molecule has 0 spiro atoms. The molecule has 7 nitrogen and oxygen atoms in total. The zero-order chi connectivity index (χ0) is 32.2. The van der Waals surface area contributed by atoms with Gasteiger partial charge in [-0.2, -0.15) is 0 Å². The number of carbonyl (C=O) groups is 1. The molecule has 2 aromatic heterocycles. The Morgan fingerprint density at radius 3 is 2.43 bits per heavy atom. The maximum atomic E-state index is 14.0. The van der Waals surface area contributed by atoms with Crippen LogP contribution < -0.4 is 0 Å². The van der Waals surface area contributed by atoms with E-state index >= 15 is 0 Å². The van der Waals surface area contributed by atoms with Crippen molar-refractivity contribution in [1.29, 1.82) is 0 Å². The molecule has 0 radical (unpaired) electrons. The Hall–Kier alpha value is -4.07. The van der Waals surface area contributed by atoms with Gasteiger partial charge in [-0.1, -0.05) is 59.7 Å². The Morgan fingerprint density at radius 2 is 1.68 bits per heavy atom. The topological polar surface area (TPSA) is 84.6 Å². The number of carbonyl (C=O) groups excluding carboxylic acids is 1. The molecule has 6 heterocycles. The third-order valence-electron chi connectivity index (χ3n) is 11.8. The van der Waals surface area contributed by atoms with Crippen molar-refractivity contribution in [3.8, 4) is 0 Å². The van der Waals surface area contributed by atoms with E-state index in [9.17, 15) is 9.90 Å². The van der Waals surface area contributed by atoms with Gasteiger partial charge in [-0.3, -0.25) is 9.69 Å². The van der Waals surface area contributed by atoms with E-state index in [0.29, 0.717) is 12.3 Å². The van der Waals surface area contributed by atoms with E-state index in [4.69, 9.17) is 4.74 Å². The van der Waals surface area contributed by atoms with Gasteiger partial charge in [0.15, 0.2) is 0 Å². The van der Waals surface area contributed by atoms with Crippen LogP contribution in [0.3, 0.4) is 0 Å². The number of benzene rings is 2. The summed E-state index contributed by atoms with van der Waals surface area (Å²) in [5.41, 5.74) is 11.5. The van der Waals surface area contributed by atoms with Gasteiger partial charge in [-0.05, 0) is 81.1 Å². The number of aromatic nitrogens is 2. The number of hydrogen-bond acceptors (Lipinski definition) is 5. The fourth-order valence-electron chi connectivity index (χ4n) is 9.46. The normalized spacial score (nSPS) is 26.6. The Labute approximate surface area is 277 Å². The van der Waals surface area contributed by atoms with Crippen LogP contribution in [0.2, 0.25) is 0 Å². The van der Waals surface area contributed by atoms with Gasteiger partial charge in [0.05, 0.1) is 25.1 Å². The largest absolute Gasteiger partial charge is 0.469 e. The van der Waals surface area contributed by atoms with Crippen molar-refractivity contribution >= 4 is 33.3 Å². The van der Waals surface area contributed by atoms with Crippen molar-refractivity contribution in [1.82, 2.24) is 19.8 Å². The second-order valence-corrected chi connectivity index (χ2v) is 13.9. The van der Waals surface area contributed by atoms with Crippen LogP contribution in [0.4, 0.5) is 0 Å². The second-order valence-electron chi connectivity index (χ2n) is 13.9. The highest BCUT2D eigenvalue weighted by Crippen LogP contribution is 2.51. The average Bonchev–Trinajstić information content (AvgIpc) is 3.69. The lowest BCUT2D eigenvalue weighted by atomic mass is 9.72. The Kier molecular flexibility index (Phi) is 7.85. The number of aliphatic hydroxyl groups excluding tert-OH is 1. The Bertz CT molecular complexity index is 1930. The number of nitrogens with zero attached hydrogens (tertiary/aromatic N) is 2. The molecule has 5 atom stereocenters. The number of rotatable bonds is 6. The predicted molar refractivity (Wildman–Crippen MR) is 188 cm³/mol. The molecule has 0 amide bonds. The second kappa shape index (κ2) is 12.2. The van der Waals surface area contributed by atoms with E-state index in [1.54, 1.807) is 7.11 Å². The summed E-state index contributed by atoms with van der Waals surface area (Å²) in [6.45, 7) is 7.17. The first-order valence-electron chi connectivity index (χ1n) is 17.4. The molecule has 0 bridgehead atoms. The summed E-state index contributed by atoms with van der Waals surface area (Å²) in [5.74, 6) is -0.00769. The number of H-pyrrole nitrogens is 2. The lowest BCUT2D eigenvalue weighted by molar-refractivity contribution is -0.147. The molecule has 7 heteroatoms. The summed E-state index contributed by atoms with van der Waals surface area (Å²) < 4.78 is 5.62. The maximum absolute atomic E-state index is 14.0. The molecule has 2 unspecified atom stereocenters. The van der Waals surface area contributed by atoms with Crippen molar-refractivity contribution in [3.63, 3.8) is 0 Å². The number of fused-ring (bicyclic) bond motifs is 10. The van der Waals surface area contributed by atoms with Crippen LogP contribution in [0, 0.1) is 17.8 Å². The van der Waals surface area contributed by atoms with Gasteiger partial charge < -0.3 is 24.7 Å². The molecule has 2 saturated heterocycles. The number of aliphatic hydroxyl groups is 1. The minimum absolute atomic E-state index is 0.0692. The quantitative estimate of drug-likeness (QED) is 0.152. The van der Waals surface area contributed by atoms with Crippen LogP contribution in [0.5, 0.6) is 0 Å². The van der Waals surface area contributed by atoms with Crippen LogP contribution in [0.15, 0.2) is 78.0 Å². The number of piperidine rings is 2. The smallest absolute Gasteiger partial charge is 0.309 e. The molecule has 47 heavy (non-hydrogen) atoms. The van der Waals surface area contributed by atoms with Crippen LogP contribution >= 0.6 is 0 Å². The Morgan fingerprint density at radius 1 is 0.957 bits per heavy atom. The van der Waals surface area contributed by atoms with Crippen LogP contribution in [-0.2, 0) is 16.0 Å². The molecule has 8 rings (SSSR count). The van der Waals surface area contributed by atoms with Crippen LogP contribution in [-0.4, -0.2) is 64.2 Å². The van der Waals surface area contributed by atoms with Gasteiger partial charge in [-0.15, -0.1) is 0 Å². The van der Waals surface area contributed by atoms with E-state index in [-0.39, 0.29) is 36.5 Å². The van der Waals surface area contributed by atoms with Crippen molar-refractivity contribution in [3.05, 3.63) is 101 Å². The predicted octanol–water partition coefficient (Wildman–Crippen LogP) is 7.44. The average molecular weight is 631 g/mol. The third-order valence-corrected chi connectivity index (χ3v) is 11.8. The number of aromatic amines is 2. The molecule has 4 aromatic rings. The van der Waals surface area contributed by atoms with Gasteiger partial charge in [-0.25, -0.2) is 0 Å². The highest BCUT2D eigenvalue weighted by atomic mass is 16.5. The van der Waals surface area contributed by atoms with E-state index in [1.165, 1.54) is 55.5 Å². The summed E-state index contributed by atoms with van der Waals surface area (Å²) >= 11 is 0. The monoisotopic (exact) mass is 630 g/mol. The highest BCUT2D eigenvalue weighted by molar-refractivity contribution is 5.96. The third kappa shape index (κ3) is 4.97. The summed E-state index contributed by atoms with van der Waals surface area (Å²) in [5, 5.41) is 12.4. The number of hydrogen-bond donors (Lipinski definition) is 3. The molecule has 2 aromatic carbocycles. The number of methoxy groups -OCH3 is 1. The first-order chi connectivity index (χ1) is 23.0. The molecule has 0 saturated carbocycles. The van der Waals surface area contributed by atoms with Gasteiger partial charge >= 0.3 is 5.97 Å². The van der Waals surface area contributed by atoms with Gasteiger partial charge in [0.1, 0.15) is 0 Å². The first-order valence-corrected chi connectivity index (χ1v) is 17.4. The summed E-state index contributed by atoms with van der Waals surface area (Å²) in [7, 11) is 1.54. The minimum Gasteiger partial charge on any atom is -0.469 e. The molecule has 4 aliphatic rings. The van der Waals surface area contributed by atoms with Gasteiger partial charge in [0.25, 0.3) is 0 Å². The van der Waals surface area contributed by atoms with E-state index in [1.807, 2.05) is 0 Å². The maximum Gasteiger partial charge on any atom is 0.309 e. The van der Waals surface area contributed by atoms with Crippen LogP contribution in [0.1, 0.15) is 74.1 Å². The molecule has 3 N–H and O–H groups in total. The van der Waals surface area contributed by atoms with E-state index < -0.39 is 0 Å². The Balaban J connectivity index is 1.19. The zero-order valence-electron chi connectivity index (χ0n) is 27.8. The van der Waals surface area contributed by atoms with Crippen LogP contribution in [0.25, 0.3) is 27.4 Å². The fourth-order valence-corrected chi connectivity index (χ4v) is 9.46. The minimum atomic E-state index is -0.305. The highest BCUT2D eigenvalue weighted by Gasteiger charge is 2.44. The number of allylic oxidation sites excluding steroid dienone is 3. The molecule has 244 valence electrons.